The van der Waals surface area contributed by atoms with Gasteiger partial charge in [0.2, 0.25) is 11.8 Å². The van der Waals surface area contributed by atoms with Gasteiger partial charge in [-0.15, -0.1) is 11.3 Å². The molecule has 0 unspecified atom stereocenters. The average Bonchev–Trinajstić information content (AvgIpc) is 3.81. The van der Waals surface area contributed by atoms with Gasteiger partial charge in [-0.05, 0) is 55.3 Å². The predicted octanol–water partition coefficient (Wildman–Crippen LogP) is 5.31. The third-order valence-electron chi connectivity index (χ3n) is 8.39. The van der Waals surface area contributed by atoms with Crippen molar-refractivity contribution < 1.29 is 23.9 Å². The largest absolute Gasteiger partial charge is 0.456 e. The van der Waals surface area contributed by atoms with Gasteiger partial charge >= 0.3 is 5.97 Å². The summed E-state index contributed by atoms with van der Waals surface area (Å²) in [5, 5.41) is 2.92. The van der Waals surface area contributed by atoms with Crippen molar-refractivity contribution in [2.75, 3.05) is 13.1 Å². The highest BCUT2D eigenvalue weighted by molar-refractivity contribution is 7.11. The van der Waals surface area contributed by atoms with Crippen molar-refractivity contribution in [3.05, 3.63) is 124 Å². The number of unbranched alkanes of at least 4 members (excludes halogenated alkanes) is 1. The van der Waals surface area contributed by atoms with Crippen molar-refractivity contribution >= 4 is 34.9 Å². The van der Waals surface area contributed by atoms with Gasteiger partial charge < -0.3 is 20.7 Å². The summed E-state index contributed by atoms with van der Waals surface area (Å²) in [5.41, 5.74) is 11.1. The first-order valence-corrected chi connectivity index (χ1v) is 16.8. The number of rotatable bonds is 15. The fourth-order valence-electron chi connectivity index (χ4n) is 5.93. The number of esters is 1. The predicted molar refractivity (Wildman–Crippen MR) is 180 cm³/mol. The zero-order chi connectivity index (χ0) is 33.0. The first-order valence-electron chi connectivity index (χ1n) is 16.0. The maximum Gasteiger partial charge on any atom is 0.358 e. The number of carbonyl (C=O) groups is 4. The number of carbonyl (C=O) groups excluding carboxylic acids is 4. The number of benzene rings is 3. The van der Waals surface area contributed by atoms with Crippen LogP contribution in [0.15, 0.2) is 91.0 Å². The van der Waals surface area contributed by atoms with Gasteiger partial charge in [0.1, 0.15) is 17.5 Å². The van der Waals surface area contributed by atoms with E-state index in [0.717, 1.165) is 28.0 Å². The van der Waals surface area contributed by atoms with Gasteiger partial charge in [0, 0.05) is 18.9 Å². The number of thiazole rings is 1. The molecule has 0 spiro atoms. The van der Waals surface area contributed by atoms with Crippen LogP contribution in [-0.4, -0.2) is 58.6 Å². The van der Waals surface area contributed by atoms with E-state index in [1.54, 1.807) is 4.90 Å². The molecular formula is C37H39N4O5S. The molecule has 1 radical (unpaired) electrons. The Morgan fingerprint density at radius 2 is 1.57 bits per heavy atom. The number of hydrogen-bond donors (Lipinski definition) is 2. The summed E-state index contributed by atoms with van der Waals surface area (Å²) in [6, 6.07) is 27.3. The molecule has 2 heterocycles. The molecule has 4 aromatic rings. The highest BCUT2D eigenvalue weighted by atomic mass is 32.1. The number of ketones is 1. The number of Topliss-reactive ketones (excluding diaryl/α,β-unsaturated/α-hetero) is 1. The van der Waals surface area contributed by atoms with Gasteiger partial charge in [-0.2, -0.15) is 0 Å². The second kappa shape index (κ2) is 16.8. The maximum absolute atomic E-state index is 13.8. The topological polar surface area (TPSA) is 132 Å². The molecule has 9 nitrogen and oxygen atoms in total. The van der Waals surface area contributed by atoms with Crippen molar-refractivity contribution in [2.45, 2.75) is 63.1 Å². The second-order valence-corrected chi connectivity index (χ2v) is 12.4. The number of aromatic nitrogens is 1. The normalized spacial score (nSPS) is 14.9. The Bertz CT molecular complexity index is 1590. The Labute approximate surface area is 279 Å². The third kappa shape index (κ3) is 8.78. The lowest BCUT2D eigenvalue weighted by atomic mass is 9.88. The molecule has 47 heavy (non-hydrogen) atoms. The van der Waals surface area contributed by atoms with E-state index >= 15 is 0 Å². The minimum absolute atomic E-state index is 0.0302. The van der Waals surface area contributed by atoms with Gasteiger partial charge in [-0.25, -0.2) is 9.78 Å². The fourth-order valence-corrected chi connectivity index (χ4v) is 6.62. The van der Waals surface area contributed by atoms with Crippen molar-refractivity contribution in [3.63, 3.8) is 0 Å². The van der Waals surface area contributed by atoms with Crippen molar-refractivity contribution in [2.24, 2.45) is 5.73 Å². The van der Waals surface area contributed by atoms with E-state index in [1.807, 2.05) is 91.0 Å². The molecule has 1 aromatic heterocycles. The quantitative estimate of drug-likeness (QED) is 0.101. The molecule has 3 N–H and O–H groups in total. The van der Waals surface area contributed by atoms with E-state index < -0.39 is 23.8 Å². The van der Waals surface area contributed by atoms with E-state index in [1.165, 1.54) is 0 Å². The van der Waals surface area contributed by atoms with Crippen LogP contribution in [0.25, 0.3) is 0 Å². The van der Waals surface area contributed by atoms with E-state index in [9.17, 15) is 19.2 Å². The standard InChI is InChI=1S/C37H39N4O5S/c38-21-11-10-19-30(34(43)35-33(39-25-47-35)37(45)46-24-26-13-4-1-5-14-26)40-36(44)31-20-12-22-41(31)32(42)23-29(27-15-6-2-7-16-27)28-17-8-3-9-18-28/h1-9,13-18,29-31H,10-12,19-24,38H2,(H,40,44)/t30-,31-/m0/s1. The molecule has 0 saturated carbocycles. The smallest absolute Gasteiger partial charge is 0.358 e. The highest BCUT2D eigenvalue weighted by Crippen LogP contribution is 2.30. The zero-order valence-electron chi connectivity index (χ0n) is 26.2. The Kier molecular flexibility index (Phi) is 12.0. The zero-order valence-corrected chi connectivity index (χ0v) is 27.0. The summed E-state index contributed by atoms with van der Waals surface area (Å²) in [7, 11) is 0. The summed E-state index contributed by atoms with van der Waals surface area (Å²) in [6.45, 7) is 0.928. The molecule has 2 atom stereocenters. The lowest BCUT2D eigenvalue weighted by Gasteiger charge is -2.28. The first kappa shape index (κ1) is 33.7. The number of nitrogens with zero attached hydrogens (tertiary/aromatic N) is 2. The monoisotopic (exact) mass is 651 g/mol. The summed E-state index contributed by atoms with van der Waals surface area (Å²) in [5.74, 6) is -1.85. The number of nitrogens with two attached hydrogens (primary N) is 1. The van der Waals surface area contributed by atoms with E-state index in [0.29, 0.717) is 45.2 Å². The van der Waals surface area contributed by atoms with Gasteiger partial charge in [0.25, 0.3) is 0 Å². The van der Waals surface area contributed by atoms with Crippen molar-refractivity contribution in [1.82, 2.24) is 15.2 Å². The molecular weight excluding hydrogens is 612 g/mol. The number of nitrogens with one attached hydrogen (secondary N) is 1. The Balaban J connectivity index is 1.29. The molecule has 1 saturated heterocycles. The summed E-state index contributed by atoms with van der Waals surface area (Å²) < 4.78 is 5.42. The molecule has 3 aromatic carbocycles. The van der Waals surface area contributed by atoms with Crippen LogP contribution in [0.1, 0.15) is 81.3 Å². The van der Waals surface area contributed by atoms with Crippen LogP contribution in [0.5, 0.6) is 0 Å². The molecule has 0 aliphatic carbocycles. The summed E-state index contributed by atoms with van der Waals surface area (Å²) in [6.07, 6.45) is 2.96. The molecule has 243 valence electrons. The van der Waals surface area contributed by atoms with Gasteiger partial charge in [-0.1, -0.05) is 91.0 Å². The maximum atomic E-state index is 13.8. The average molecular weight is 652 g/mol. The molecule has 1 aliphatic heterocycles. The Morgan fingerprint density at radius 1 is 0.936 bits per heavy atom. The van der Waals surface area contributed by atoms with Crippen LogP contribution in [0.4, 0.5) is 0 Å². The first-order chi connectivity index (χ1) is 23.0. The molecule has 1 aliphatic rings. The van der Waals surface area contributed by atoms with Crippen LogP contribution >= 0.6 is 11.3 Å². The second-order valence-electron chi connectivity index (χ2n) is 11.6. The van der Waals surface area contributed by atoms with E-state index in [-0.39, 0.29) is 41.3 Å². The van der Waals surface area contributed by atoms with Crippen molar-refractivity contribution in [3.8, 4) is 0 Å². The molecule has 2 amide bonds. The molecule has 10 heteroatoms. The van der Waals surface area contributed by atoms with E-state index in [2.05, 4.69) is 15.8 Å². The molecule has 5 rings (SSSR count). The van der Waals surface area contributed by atoms with Crippen LogP contribution in [-0.2, 0) is 20.9 Å². The van der Waals surface area contributed by atoms with Crippen LogP contribution in [0, 0.1) is 5.51 Å². The number of amides is 2. The van der Waals surface area contributed by atoms with Crippen molar-refractivity contribution in [1.29, 1.82) is 0 Å². The lowest BCUT2D eigenvalue weighted by Crippen LogP contribution is -2.51. The lowest BCUT2D eigenvalue weighted by molar-refractivity contribution is -0.138. The van der Waals surface area contributed by atoms with Crippen LogP contribution in [0.3, 0.4) is 0 Å². The third-order valence-corrected chi connectivity index (χ3v) is 9.17. The van der Waals surface area contributed by atoms with Gasteiger partial charge in [-0.3, -0.25) is 14.4 Å². The Morgan fingerprint density at radius 3 is 2.21 bits per heavy atom. The number of hydrogen-bond acceptors (Lipinski definition) is 8. The van der Waals surface area contributed by atoms with Crippen LogP contribution in [0.2, 0.25) is 0 Å². The minimum Gasteiger partial charge on any atom is -0.456 e. The SMILES string of the molecule is NCCCC[C@H](NC(=O)[C@@H]1CCCN1C(=O)CC(c1ccccc1)c1ccccc1)C(=O)c1s[c]nc1C(=O)OCc1ccccc1. The molecule has 1 fully saturated rings. The summed E-state index contributed by atoms with van der Waals surface area (Å²) >= 11 is 0.916. The van der Waals surface area contributed by atoms with Gasteiger partial charge in [0.05, 0.1) is 6.04 Å². The fraction of sp³-hybridized carbons (Fsp3) is 0.324. The Hall–Kier alpha value is -4.67. The van der Waals surface area contributed by atoms with Gasteiger partial charge in [0.15, 0.2) is 17.0 Å². The molecule has 0 bridgehead atoms. The number of ether oxygens (including phenoxy) is 1. The van der Waals surface area contributed by atoms with E-state index in [4.69, 9.17) is 10.5 Å². The summed E-state index contributed by atoms with van der Waals surface area (Å²) in [4.78, 5) is 60.1. The van der Waals surface area contributed by atoms with Crippen LogP contribution < -0.4 is 11.1 Å². The minimum atomic E-state index is -0.928. The number of likely N-dealkylation sites (tertiary alicyclic amines) is 1. The highest BCUT2D eigenvalue weighted by Gasteiger charge is 2.37.